The number of nitriles is 1. The van der Waals surface area contributed by atoms with Crippen LogP contribution in [-0.4, -0.2) is 19.7 Å². The summed E-state index contributed by atoms with van der Waals surface area (Å²) in [7, 11) is 0. The van der Waals surface area contributed by atoms with Crippen molar-refractivity contribution in [1.29, 1.82) is 5.26 Å². The molecule has 0 unspecified atom stereocenters. The van der Waals surface area contributed by atoms with Crippen LogP contribution in [0.4, 0.5) is 5.69 Å². The van der Waals surface area contributed by atoms with Gasteiger partial charge in [0.05, 0.1) is 18.2 Å². The number of hydrogen-bond acceptors (Lipinski definition) is 3. The minimum Gasteiger partial charge on any atom is -0.492 e. The zero-order chi connectivity index (χ0) is 15.1. The molecule has 0 spiro atoms. The first-order chi connectivity index (χ1) is 10.2. The van der Waals surface area contributed by atoms with Gasteiger partial charge in [-0.1, -0.05) is 18.2 Å². The van der Waals surface area contributed by atoms with E-state index in [9.17, 15) is 0 Å². The summed E-state index contributed by atoms with van der Waals surface area (Å²) in [6, 6.07) is 17.9. The second kappa shape index (κ2) is 7.35. The van der Waals surface area contributed by atoms with Gasteiger partial charge in [0, 0.05) is 12.2 Å². The molecule has 0 amide bonds. The summed E-state index contributed by atoms with van der Waals surface area (Å²) < 4.78 is 5.74. The van der Waals surface area contributed by atoms with Crippen molar-refractivity contribution < 1.29 is 4.74 Å². The van der Waals surface area contributed by atoms with E-state index in [1.807, 2.05) is 12.1 Å². The van der Waals surface area contributed by atoms with E-state index in [1.165, 1.54) is 11.3 Å². The highest BCUT2D eigenvalue weighted by Gasteiger charge is 2.04. The fraction of sp³-hybridized carbons (Fsp3) is 0.278. The van der Waals surface area contributed by atoms with Gasteiger partial charge in [0.2, 0.25) is 0 Å². The number of likely N-dealkylation sites (N-methyl/N-ethyl adjacent to an activating group) is 1. The molecule has 0 radical (unpaired) electrons. The van der Waals surface area contributed by atoms with Crippen molar-refractivity contribution in [2.75, 3.05) is 24.6 Å². The van der Waals surface area contributed by atoms with Crippen LogP contribution < -0.4 is 9.64 Å². The van der Waals surface area contributed by atoms with Crippen LogP contribution in [0.5, 0.6) is 5.75 Å². The lowest BCUT2D eigenvalue weighted by atomic mass is 10.2. The summed E-state index contributed by atoms with van der Waals surface area (Å²) >= 11 is 0. The summed E-state index contributed by atoms with van der Waals surface area (Å²) in [6.45, 7) is 6.58. The fourth-order valence-corrected chi connectivity index (χ4v) is 2.22. The van der Waals surface area contributed by atoms with Gasteiger partial charge < -0.3 is 9.64 Å². The first kappa shape index (κ1) is 14.9. The SMILES string of the molecule is CCN(CCOc1cccc(C#N)c1)c1cccc(C)c1. The molecule has 0 aliphatic rings. The van der Waals surface area contributed by atoms with Gasteiger partial charge in [-0.05, 0) is 49.7 Å². The van der Waals surface area contributed by atoms with Crippen molar-refractivity contribution >= 4 is 5.69 Å². The molecule has 0 aliphatic carbocycles. The smallest absolute Gasteiger partial charge is 0.120 e. The van der Waals surface area contributed by atoms with Gasteiger partial charge >= 0.3 is 0 Å². The van der Waals surface area contributed by atoms with E-state index >= 15 is 0 Å². The molecule has 3 heteroatoms. The van der Waals surface area contributed by atoms with E-state index < -0.39 is 0 Å². The number of nitrogens with zero attached hydrogens (tertiary/aromatic N) is 2. The molecule has 2 rings (SSSR count). The summed E-state index contributed by atoms with van der Waals surface area (Å²) in [4.78, 5) is 2.28. The van der Waals surface area contributed by atoms with E-state index in [0.29, 0.717) is 12.2 Å². The number of aryl methyl sites for hydroxylation is 1. The number of rotatable bonds is 6. The van der Waals surface area contributed by atoms with Crippen molar-refractivity contribution in [1.82, 2.24) is 0 Å². The zero-order valence-electron chi connectivity index (χ0n) is 12.5. The van der Waals surface area contributed by atoms with Gasteiger partial charge in [-0.3, -0.25) is 0 Å². The molecule has 0 bridgehead atoms. The molecular weight excluding hydrogens is 260 g/mol. The third-order valence-electron chi connectivity index (χ3n) is 3.34. The van der Waals surface area contributed by atoms with Crippen LogP contribution in [0.3, 0.4) is 0 Å². The predicted octanol–water partition coefficient (Wildman–Crippen LogP) is 3.77. The average molecular weight is 280 g/mol. The van der Waals surface area contributed by atoms with Crippen molar-refractivity contribution in [3.05, 3.63) is 59.7 Å². The first-order valence-electron chi connectivity index (χ1n) is 7.17. The lowest BCUT2D eigenvalue weighted by molar-refractivity contribution is 0.324. The van der Waals surface area contributed by atoms with Crippen molar-refractivity contribution in [3.63, 3.8) is 0 Å². The van der Waals surface area contributed by atoms with Gasteiger partial charge in [-0.25, -0.2) is 0 Å². The third kappa shape index (κ3) is 4.25. The quantitative estimate of drug-likeness (QED) is 0.808. The molecule has 0 saturated carbocycles. The molecule has 21 heavy (non-hydrogen) atoms. The lowest BCUT2D eigenvalue weighted by Crippen LogP contribution is -2.28. The fourth-order valence-electron chi connectivity index (χ4n) is 2.22. The lowest BCUT2D eigenvalue weighted by Gasteiger charge is -2.23. The molecule has 0 saturated heterocycles. The second-order valence-electron chi connectivity index (χ2n) is 4.91. The number of benzene rings is 2. The van der Waals surface area contributed by atoms with E-state index in [0.717, 1.165) is 18.8 Å². The standard InChI is InChI=1S/C18H20N2O/c1-3-20(17-8-4-6-15(2)12-17)10-11-21-18-9-5-7-16(13-18)14-19/h4-9,12-13H,3,10-11H2,1-2H3. The van der Waals surface area contributed by atoms with Gasteiger partial charge in [-0.15, -0.1) is 0 Å². The Balaban J connectivity index is 1.93. The van der Waals surface area contributed by atoms with Gasteiger partial charge in [-0.2, -0.15) is 5.26 Å². The Morgan fingerprint density at radius 3 is 2.67 bits per heavy atom. The number of anilines is 1. The molecular formula is C18H20N2O. The molecule has 0 aromatic heterocycles. The van der Waals surface area contributed by atoms with Crippen LogP contribution >= 0.6 is 0 Å². The van der Waals surface area contributed by atoms with Crippen LogP contribution in [0.25, 0.3) is 0 Å². The average Bonchev–Trinajstić information content (AvgIpc) is 2.52. The molecule has 0 N–H and O–H groups in total. The molecule has 0 heterocycles. The van der Waals surface area contributed by atoms with Crippen molar-refractivity contribution in [3.8, 4) is 11.8 Å². The Labute approximate surface area is 126 Å². The topological polar surface area (TPSA) is 36.3 Å². The van der Waals surface area contributed by atoms with Gasteiger partial charge in [0.15, 0.2) is 0 Å². The first-order valence-corrected chi connectivity index (χ1v) is 7.17. The van der Waals surface area contributed by atoms with E-state index in [1.54, 1.807) is 12.1 Å². The normalized spacial score (nSPS) is 9.95. The van der Waals surface area contributed by atoms with Crippen LogP contribution in [0.1, 0.15) is 18.1 Å². The third-order valence-corrected chi connectivity index (χ3v) is 3.34. The van der Waals surface area contributed by atoms with E-state index in [2.05, 4.69) is 49.1 Å². The summed E-state index contributed by atoms with van der Waals surface area (Å²) in [5.41, 5.74) is 3.10. The maximum Gasteiger partial charge on any atom is 0.120 e. The summed E-state index contributed by atoms with van der Waals surface area (Å²) in [5.74, 6) is 0.745. The Bertz CT molecular complexity index is 631. The maximum atomic E-state index is 8.87. The molecule has 0 fully saturated rings. The monoisotopic (exact) mass is 280 g/mol. The number of hydrogen-bond donors (Lipinski definition) is 0. The molecule has 3 nitrogen and oxygen atoms in total. The minimum absolute atomic E-state index is 0.594. The summed E-state index contributed by atoms with van der Waals surface area (Å²) in [6.07, 6.45) is 0. The van der Waals surface area contributed by atoms with Crippen LogP contribution in [0.15, 0.2) is 48.5 Å². The van der Waals surface area contributed by atoms with Gasteiger partial charge in [0.25, 0.3) is 0 Å². The molecule has 0 atom stereocenters. The predicted molar refractivity (Wildman–Crippen MR) is 85.7 cm³/mol. The van der Waals surface area contributed by atoms with Crippen LogP contribution in [-0.2, 0) is 0 Å². The maximum absolute atomic E-state index is 8.87. The van der Waals surface area contributed by atoms with Crippen LogP contribution in [0.2, 0.25) is 0 Å². The van der Waals surface area contributed by atoms with Gasteiger partial charge in [0.1, 0.15) is 12.4 Å². The Kier molecular flexibility index (Phi) is 5.22. The zero-order valence-corrected chi connectivity index (χ0v) is 12.5. The van der Waals surface area contributed by atoms with E-state index in [4.69, 9.17) is 10.00 Å². The minimum atomic E-state index is 0.594. The van der Waals surface area contributed by atoms with Crippen molar-refractivity contribution in [2.45, 2.75) is 13.8 Å². The molecule has 0 aliphatic heterocycles. The highest BCUT2D eigenvalue weighted by Crippen LogP contribution is 2.16. The number of ether oxygens (including phenoxy) is 1. The second-order valence-corrected chi connectivity index (χ2v) is 4.91. The highest BCUT2D eigenvalue weighted by molar-refractivity contribution is 5.48. The summed E-state index contributed by atoms with van der Waals surface area (Å²) in [5, 5.41) is 8.87. The Morgan fingerprint density at radius 2 is 1.95 bits per heavy atom. The van der Waals surface area contributed by atoms with E-state index in [-0.39, 0.29) is 0 Å². The van der Waals surface area contributed by atoms with Crippen molar-refractivity contribution in [2.24, 2.45) is 0 Å². The van der Waals surface area contributed by atoms with Crippen LogP contribution in [0, 0.1) is 18.3 Å². The Morgan fingerprint density at radius 1 is 1.14 bits per heavy atom. The largest absolute Gasteiger partial charge is 0.492 e. The molecule has 2 aromatic rings. The molecule has 108 valence electrons. The molecule has 2 aromatic carbocycles. The highest BCUT2D eigenvalue weighted by atomic mass is 16.5. The Hall–Kier alpha value is -2.47.